The monoisotopic (exact) mass is 227 g/mol. The third-order valence-electron chi connectivity index (χ3n) is 2.49. The van der Waals surface area contributed by atoms with Crippen LogP contribution in [0.5, 0.6) is 0 Å². The number of halogens is 1. The van der Waals surface area contributed by atoms with Crippen LogP contribution in [0.15, 0.2) is 24.3 Å². The van der Waals surface area contributed by atoms with E-state index in [1.165, 1.54) is 12.1 Å². The van der Waals surface area contributed by atoms with Crippen molar-refractivity contribution in [3.8, 4) is 0 Å². The zero-order chi connectivity index (χ0) is 12.0. The molecule has 0 bridgehead atoms. The lowest BCUT2D eigenvalue weighted by atomic mass is 10.0. The summed E-state index contributed by atoms with van der Waals surface area (Å²) in [7, 11) is 1.62. The highest BCUT2D eigenvalue weighted by atomic mass is 19.1. The molecule has 2 N–H and O–H groups in total. The van der Waals surface area contributed by atoms with Gasteiger partial charge in [-0.3, -0.25) is 0 Å². The molecule has 0 heterocycles. The smallest absolute Gasteiger partial charge is 0.125 e. The predicted molar refractivity (Wildman–Crippen MR) is 61.9 cm³/mol. The second-order valence-electron chi connectivity index (χ2n) is 3.88. The molecular formula is C12H18FNO2. The average Bonchev–Trinajstić information content (AvgIpc) is 2.26. The van der Waals surface area contributed by atoms with Crippen LogP contribution < -0.4 is 5.32 Å². The number of anilines is 1. The molecule has 0 radical (unpaired) electrons. The number of aliphatic hydroxyl groups is 1. The minimum atomic E-state index is -0.291. The molecule has 16 heavy (non-hydrogen) atoms. The van der Waals surface area contributed by atoms with E-state index in [1.54, 1.807) is 19.2 Å². The molecular weight excluding hydrogens is 209 g/mol. The Balaban J connectivity index is 2.62. The molecule has 90 valence electrons. The van der Waals surface area contributed by atoms with E-state index in [4.69, 9.17) is 4.74 Å². The summed E-state index contributed by atoms with van der Waals surface area (Å²) in [5, 5.41) is 12.3. The Morgan fingerprint density at radius 2 is 2.25 bits per heavy atom. The van der Waals surface area contributed by atoms with Crippen LogP contribution in [0.2, 0.25) is 0 Å². The summed E-state index contributed by atoms with van der Waals surface area (Å²) < 4.78 is 18.0. The highest BCUT2D eigenvalue weighted by molar-refractivity contribution is 5.44. The highest BCUT2D eigenvalue weighted by Crippen LogP contribution is 2.14. The number of aliphatic hydroxyl groups excluding tert-OH is 1. The summed E-state index contributed by atoms with van der Waals surface area (Å²) in [5.74, 6) is -0.139. The van der Waals surface area contributed by atoms with Crippen LogP contribution in [0.1, 0.15) is 6.92 Å². The molecule has 0 aliphatic rings. The van der Waals surface area contributed by atoms with Crippen LogP contribution in [0.25, 0.3) is 0 Å². The van der Waals surface area contributed by atoms with Crippen molar-refractivity contribution >= 4 is 5.69 Å². The summed E-state index contributed by atoms with van der Waals surface area (Å²) in [6.45, 7) is 2.51. The molecule has 0 aromatic heterocycles. The first-order valence-electron chi connectivity index (χ1n) is 5.29. The molecule has 2 unspecified atom stereocenters. The molecule has 0 aliphatic carbocycles. The molecule has 1 rings (SSSR count). The van der Waals surface area contributed by atoms with Crippen molar-refractivity contribution in [3.05, 3.63) is 30.1 Å². The molecule has 0 amide bonds. The lowest BCUT2D eigenvalue weighted by Crippen LogP contribution is -2.33. The van der Waals surface area contributed by atoms with Gasteiger partial charge < -0.3 is 15.2 Å². The maximum atomic E-state index is 12.9. The minimum absolute atomic E-state index is 0.0129. The number of methoxy groups -OCH3 is 1. The Kier molecular flexibility index (Phi) is 5.22. The first-order chi connectivity index (χ1) is 7.67. The molecule has 3 nitrogen and oxygen atoms in total. The fourth-order valence-corrected chi connectivity index (χ4v) is 1.54. The van der Waals surface area contributed by atoms with E-state index in [0.717, 1.165) is 0 Å². The summed E-state index contributed by atoms with van der Waals surface area (Å²) in [6, 6.07) is 6.06. The average molecular weight is 227 g/mol. The molecule has 0 saturated carbocycles. The summed E-state index contributed by atoms with van der Waals surface area (Å²) in [4.78, 5) is 0. The zero-order valence-corrected chi connectivity index (χ0v) is 9.61. The van der Waals surface area contributed by atoms with Crippen molar-refractivity contribution in [1.82, 2.24) is 0 Å². The van der Waals surface area contributed by atoms with Gasteiger partial charge in [0.15, 0.2) is 0 Å². The molecule has 0 aliphatic heterocycles. The fourth-order valence-electron chi connectivity index (χ4n) is 1.54. The molecule has 0 spiro atoms. The van der Waals surface area contributed by atoms with Gasteiger partial charge >= 0.3 is 0 Å². The first-order valence-corrected chi connectivity index (χ1v) is 5.29. The lowest BCUT2D eigenvalue weighted by molar-refractivity contribution is 0.132. The van der Waals surface area contributed by atoms with Gasteiger partial charge in [0.05, 0.1) is 19.3 Å². The Hall–Kier alpha value is -1.13. The number of hydrogen-bond donors (Lipinski definition) is 2. The topological polar surface area (TPSA) is 41.5 Å². The number of nitrogens with one attached hydrogen (secondary N) is 1. The maximum Gasteiger partial charge on any atom is 0.125 e. The number of hydrogen-bond acceptors (Lipinski definition) is 3. The van der Waals surface area contributed by atoms with Crippen LogP contribution in [-0.4, -0.2) is 31.5 Å². The molecule has 0 fully saturated rings. The lowest BCUT2D eigenvalue weighted by Gasteiger charge is -2.23. The van der Waals surface area contributed by atoms with Gasteiger partial charge in [0.1, 0.15) is 5.82 Å². The van der Waals surface area contributed by atoms with E-state index in [1.807, 2.05) is 6.92 Å². The van der Waals surface area contributed by atoms with Crippen molar-refractivity contribution < 1.29 is 14.2 Å². The van der Waals surface area contributed by atoms with E-state index in [-0.39, 0.29) is 24.4 Å². The van der Waals surface area contributed by atoms with Crippen LogP contribution in [-0.2, 0) is 4.74 Å². The van der Waals surface area contributed by atoms with E-state index < -0.39 is 0 Å². The van der Waals surface area contributed by atoms with Crippen molar-refractivity contribution in [3.63, 3.8) is 0 Å². The Bertz CT molecular complexity index is 320. The van der Waals surface area contributed by atoms with E-state index in [0.29, 0.717) is 12.3 Å². The van der Waals surface area contributed by atoms with Gasteiger partial charge in [-0.15, -0.1) is 0 Å². The Morgan fingerprint density at radius 3 is 2.81 bits per heavy atom. The van der Waals surface area contributed by atoms with E-state index >= 15 is 0 Å². The molecule has 0 saturated heterocycles. The second kappa shape index (κ2) is 6.45. The minimum Gasteiger partial charge on any atom is -0.394 e. The third-order valence-corrected chi connectivity index (χ3v) is 2.49. The number of benzene rings is 1. The maximum absolute atomic E-state index is 12.9. The zero-order valence-electron chi connectivity index (χ0n) is 9.61. The van der Waals surface area contributed by atoms with E-state index in [2.05, 4.69) is 5.32 Å². The van der Waals surface area contributed by atoms with E-state index in [9.17, 15) is 9.50 Å². The summed E-state index contributed by atoms with van der Waals surface area (Å²) in [5.41, 5.74) is 0.669. The number of rotatable bonds is 6. The van der Waals surface area contributed by atoms with Gasteiger partial charge in [-0.2, -0.15) is 0 Å². The van der Waals surface area contributed by atoms with Crippen molar-refractivity contribution in [2.45, 2.75) is 13.0 Å². The predicted octanol–water partition coefficient (Wildman–Crippen LogP) is 1.88. The van der Waals surface area contributed by atoms with Crippen molar-refractivity contribution in [2.75, 3.05) is 25.6 Å². The normalized spacial score (nSPS) is 14.5. The van der Waals surface area contributed by atoms with Gasteiger partial charge in [0.25, 0.3) is 0 Å². The van der Waals surface area contributed by atoms with Crippen LogP contribution in [0.3, 0.4) is 0 Å². The van der Waals surface area contributed by atoms with Crippen LogP contribution in [0, 0.1) is 11.7 Å². The highest BCUT2D eigenvalue weighted by Gasteiger charge is 2.16. The molecule has 4 heteroatoms. The molecule has 2 atom stereocenters. The largest absolute Gasteiger partial charge is 0.394 e. The van der Waals surface area contributed by atoms with Gasteiger partial charge in [-0.05, 0) is 18.2 Å². The third kappa shape index (κ3) is 3.79. The van der Waals surface area contributed by atoms with Crippen LogP contribution in [0.4, 0.5) is 10.1 Å². The standard InChI is InChI=1S/C12H18FNO2/c1-9(8-16-2)12(7-15)14-11-5-3-4-10(13)6-11/h3-6,9,12,14-15H,7-8H2,1-2H3. The summed E-state index contributed by atoms with van der Waals surface area (Å²) >= 11 is 0. The number of ether oxygens (including phenoxy) is 1. The van der Waals surface area contributed by atoms with Gasteiger partial charge in [-0.25, -0.2) is 4.39 Å². The molecule has 1 aromatic rings. The van der Waals surface area contributed by atoms with Gasteiger partial charge in [-0.1, -0.05) is 13.0 Å². The quantitative estimate of drug-likeness (QED) is 0.779. The van der Waals surface area contributed by atoms with Crippen LogP contribution >= 0.6 is 0 Å². The summed E-state index contributed by atoms with van der Waals surface area (Å²) in [6.07, 6.45) is 0. The Labute approximate surface area is 95.2 Å². The van der Waals surface area contributed by atoms with Crippen molar-refractivity contribution in [2.24, 2.45) is 5.92 Å². The molecule has 1 aromatic carbocycles. The Morgan fingerprint density at radius 1 is 1.50 bits per heavy atom. The van der Waals surface area contributed by atoms with Gasteiger partial charge in [0, 0.05) is 18.7 Å². The van der Waals surface area contributed by atoms with Gasteiger partial charge in [0.2, 0.25) is 0 Å². The first kappa shape index (κ1) is 12.9. The van der Waals surface area contributed by atoms with Crippen molar-refractivity contribution in [1.29, 1.82) is 0 Å². The SMILES string of the molecule is COCC(C)C(CO)Nc1cccc(F)c1. The second-order valence-corrected chi connectivity index (χ2v) is 3.88. The fraction of sp³-hybridized carbons (Fsp3) is 0.500.